The Morgan fingerprint density at radius 3 is 1.95 bits per heavy atom. The molecule has 0 fully saturated rings. The summed E-state index contributed by atoms with van der Waals surface area (Å²) in [7, 11) is 0. The Morgan fingerprint density at radius 1 is 0.700 bits per heavy atom. The van der Waals surface area contributed by atoms with Crippen LogP contribution in [0.2, 0.25) is 0 Å². The third-order valence-electron chi connectivity index (χ3n) is 2.41. The molecule has 2 aromatic heterocycles. The van der Waals surface area contributed by atoms with Crippen molar-refractivity contribution in [3.63, 3.8) is 0 Å². The van der Waals surface area contributed by atoms with E-state index in [1.807, 2.05) is 54.6 Å². The van der Waals surface area contributed by atoms with Crippen LogP contribution < -0.4 is 0 Å². The van der Waals surface area contributed by atoms with Crippen molar-refractivity contribution >= 4 is 31.9 Å². The minimum atomic E-state index is 0.884. The van der Waals surface area contributed by atoms with Crippen LogP contribution >= 0.6 is 31.9 Å². The van der Waals surface area contributed by atoms with Crippen molar-refractivity contribution in [2.75, 3.05) is 0 Å². The predicted octanol–water partition coefficient (Wildman–Crippen LogP) is 5.36. The maximum absolute atomic E-state index is 4.27. The number of nitrogens with zero attached hydrogens (tertiary/aromatic N) is 2. The van der Waals surface area contributed by atoms with Gasteiger partial charge in [0.05, 0.1) is 5.69 Å². The number of pyridine rings is 2. The average molecular weight is 392 g/mol. The fraction of sp³-hybridized carbons (Fsp3) is 0. The zero-order chi connectivity index (χ0) is 14.2. The van der Waals surface area contributed by atoms with E-state index in [0.29, 0.717) is 0 Å². The van der Waals surface area contributed by atoms with Gasteiger partial charge in [-0.2, -0.15) is 0 Å². The molecule has 0 atom stereocenters. The Hall–Kier alpha value is -1.52. The van der Waals surface area contributed by atoms with Gasteiger partial charge in [0.15, 0.2) is 0 Å². The summed E-state index contributed by atoms with van der Waals surface area (Å²) < 4.78 is 1.96. The standard InChI is InChI=1S/C11H8BrN.C5H4BrN/c12-10-5-3-4-9(8-10)11-6-1-2-7-13-11;6-5-3-1-2-4-7-5/h1-8H;1-4H. The van der Waals surface area contributed by atoms with Crippen molar-refractivity contribution in [2.24, 2.45) is 0 Å². The van der Waals surface area contributed by atoms with Crippen LogP contribution in [-0.2, 0) is 0 Å². The van der Waals surface area contributed by atoms with Crippen LogP contribution in [0.1, 0.15) is 0 Å². The Balaban J connectivity index is 0.000000178. The van der Waals surface area contributed by atoms with Gasteiger partial charge in [0.1, 0.15) is 4.60 Å². The average Bonchev–Trinajstić information content (AvgIpc) is 2.50. The van der Waals surface area contributed by atoms with Crippen LogP contribution in [0.4, 0.5) is 0 Å². The van der Waals surface area contributed by atoms with Crippen molar-refractivity contribution in [1.29, 1.82) is 0 Å². The summed E-state index contributed by atoms with van der Waals surface area (Å²) in [6.07, 6.45) is 3.54. The molecule has 1 aromatic carbocycles. The maximum atomic E-state index is 4.27. The summed E-state index contributed by atoms with van der Waals surface area (Å²) in [4.78, 5) is 8.17. The zero-order valence-electron chi connectivity index (χ0n) is 10.6. The van der Waals surface area contributed by atoms with Crippen LogP contribution in [0, 0.1) is 0 Å². The molecule has 0 saturated heterocycles. The molecular weight excluding hydrogens is 380 g/mol. The van der Waals surface area contributed by atoms with Crippen LogP contribution in [-0.4, -0.2) is 9.97 Å². The van der Waals surface area contributed by atoms with Gasteiger partial charge in [-0.1, -0.05) is 40.2 Å². The first-order chi connectivity index (χ1) is 9.75. The highest BCUT2D eigenvalue weighted by molar-refractivity contribution is 9.10. The van der Waals surface area contributed by atoms with Crippen molar-refractivity contribution in [3.8, 4) is 11.3 Å². The van der Waals surface area contributed by atoms with E-state index in [9.17, 15) is 0 Å². The molecule has 20 heavy (non-hydrogen) atoms. The van der Waals surface area contributed by atoms with Gasteiger partial charge in [-0.25, -0.2) is 4.98 Å². The maximum Gasteiger partial charge on any atom is 0.106 e. The highest BCUT2D eigenvalue weighted by Gasteiger charge is 1.96. The Morgan fingerprint density at radius 2 is 1.45 bits per heavy atom. The van der Waals surface area contributed by atoms with Crippen LogP contribution in [0.25, 0.3) is 11.3 Å². The third kappa shape index (κ3) is 4.87. The van der Waals surface area contributed by atoms with Gasteiger partial charge in [-0.05, 0) is 52.3 Å². The van der Waals surface area contributed by atoms with E-state index in [1.54, 1.807) is 12.4 Å². The lowest BCUT2D eigenvalue weighted by atomic mass is 10.1. The molecule has 0 aliphatic heterocycles. The molecule has 0 saturated carbocycles. The number of halogens is 2. The SMILES string of the molecule is Brc1cccc(-c2ccccn2)c1.Brc1ccccn1. The lowest BCUT2D eigenvalue weighted by Gasteiger charge is -1.99. The Labute approximate surface area is 135 Å². The monoisotopic (exact) mass is 390 g/mol. The second-order valence-electron chi connectivity index (χ2n) is 3.88. The van der Waals surface area contributed by atoms with Crippen LogP contribution in [0.3, 0.4) is 0 Å². The highest BCUT2D eigenvalue weighted by atomic mass is 79.9. The first-order valence-corrected chi connectivity index (χ1v) is 7.58. The first-order valence-electron chi connectivity index (χ1n) is 5.99. The van der Waals surface area contributed by atoms with E-state index >= 15 is 0 Å². The molecule has 0 unspecified atom stereocenters. The van der Waals surface area contributed by atoms with E-state index < -0.39 is 0 Å². The van der Waals surface area contributed by atoms with Gasteiger partial charge in [-0.3, -0.25) is 4.98 Å². The summed E-state index contributed by atoms with van der Waals surface area (Å²) in [6, 6.07) is 19.7. The molecule has 2 heterocycles. The Bertz CT molecular complexity index is 643. The van der Waals surface area contributed by atoms with Crippen molar-refractivity contribution in [2.45, 2.75) is 0 Å². The highest BCUT2D eigenvalue weighted by Crippen LogP contribution is 2.20. The smallest absolute Gasteiger partial charge is 0.106 e. The van der Waals surface area contributed by atoms with E-state index in [2.05, 4.69) is 47.9 Å². The first kappa shape index (κ1) is 14.9. The molecule has 0 aliphatic rings. The van der Waals surface area contributed by atoms with Gasteiger partial charge in [0.2, 0.25) is 0 Å². The molecule has 0 spiro atoms. The van der Waals surface area contributed by atoms with Gasteiger partial charge in [0, 0.05) is 22.4 Å². The van der Waals surface area contributed by atoms with Crippen molar-refractivity contribution in [1.82, 2.24) is 9.97 Å². The third-order valence-corrected chi connectivity index (χ3v) is 3.38. The lowest BCUT2D eigenvalue weighted by molar-refractivity contribution is 1.28. The zero-order valence-corrected chi connectivity index (χ0v) is 13.8. The molecule has 3 aromatic rings. The molecular formula is C16H12Br2N2. The van der Waals surface area contributed by atoms with Crippen molar-refractivity contribution in [3.05, 3.63) is 82.1 Å². The topological polar surface area (TPSA) is 25.8 Å². The molecule has 0 aliphatic carbocycles. The molecule has 0 N–H and O–H groups in total. The van der Waals surface area contributed by atoms with E-state index in [-0.39, 0.29) is 0 Å². The number of rotatable bonds is 1. The van der Waals surface area contributed by atoms with Crippen molar-refractivity contribution < 1.29 is 0 Å². The quantitative estimate of drug-likeness (QED) is 0.522. The van der Waals surface area contributed by atoms with E-state index in [1.165, 1.54) is 0 Å². The predicted molar refractivity (Wildman–Crippen MR) is 89.3 cm³/mol. The number of hydrogen-bond donors (Lipinski definition) is 0. The minimum absolute atomic E-state index is 0.884. The van der Waals surface area contributed by atoms with Crippen LogP contribution in [0.15, 0.2) is 82.1 Å². The second-order valence-corrected chi connectivity index (χ2v) is 5.61. The summed E-state index contributed by atoms with van der Waals surface area (Å²) in [5.41, 5.74) is 2.14. The molecule has 3 rings (SSSR count). The number of aromatic nitrogens is 2. The van der Waals surface area contributed by atoms with Crippen LogP contribution in [0.5, 0.6) is 0 Å². The van der Waals surface area contributed by atoms with E-state index in [4.69, 9.17) is 0 Å². The molecule has 4 heteroatoms. The number of benzene rings is 1. The summed E-state index contributed by atoms with van der Waals surface area (Å²) in [6.45, 7) is 0. The summed E-state index contributed by atoms with van der Waals surface area (Å²) >= 11 is 6.63. The molecule has 0 radical (unpaired) electrons. The molecule has 0 amide bonds. The molecule has 2 nitrogen and oxygen atoms in total. The summed E-state index contributed by atoms with van der Waals surface area (Å²) in [5.74, 6) is 0. The van der Waals surface area contributed by atoms with E-state index in [0.717, 1.165) is 20.3 Å². The fourth-order valence-corrected chi connectivity index (χ4v) is 2.19. The van der Waals surface area contributed by atoms with Gasteiger partial charge in [0.25, 0.3) is 0 Å². The second kappa shape index (κ2) is 7.92. The van der Waals surface area contributed by atoms with Gasteiger partial charge < -0.3 is 0 Å². The molecule has 100 valence electrons. The molecule has 0 bridgehead atoms. The minimum Gasteiger partial charge on any atom is -0.256 e. The lowest BCUT2D eigenvalue weighted by Crippen LogP contribution is -1.80. The Kier molecular flexibility index (Phi) is 5.89. The summed E-state index contributed by atoms with van der Waals surface area (Å²) in [5, 5.41) is 0. The number of hydrogen-bond acceptors (Lipinski definition) is 2. The fourth-order valence-electron chi connectivity index (χ4n) is 1.52. The largest absolute Gasteiger partial charge is 0.256 e. The van der Waals surface area contributed by atoms with Gasteiger partial charge in [-0.15, -0.1) is 0 Å². The van der Waals surface area contributed by atoms with Gasteiger partial charge >= 0.3 is 0 Å². The normalized spacial score (nSPS) is 9.50.